The van der Waals surface area contributed by atoms with Crippen molar-refractivity contribution in [2.45, 2.75) is 38.6 Å². The summed E-state index contributed by atoms with van der Waals surface area (Å²) in [5, 5.41) is 14.1. The SMILES string of the molecule is CC(NC(=O)NCC1(C(=O)O)CC1)C(=O)N1CCCC1. The lowest BCUT2D eigenvalue weighted by atomic mass is 10.1. The summed E-state index contributed by atoms with van der Waals surface area (Å²) in [5.41, 5.74) is -0.792. The minimum Gasteiger partial charge on any atom is -0.481 e. The zero-order valence-corrected chi connectivity index (χ0v) is 11.6. The van der Waals surface area contributed by atoms with E-state index in [9.17, 15) is 14.4 Å². The number of hydrogen-bond donors (Lipinski definition) is 3. The van der Waals surface area contributed by atoms with E-state index in [1.807, 2.05) is 0 Å². The van der Waals surface area contributed by atoms with Crippen molar-refractivity contribution < 1.29 is 19.5 Å². The van der Waals surface area contributed by atoms with Gasteiger partial charge < -0.3 is 20.6 Å². The highest BCUT2D eigenvalue weighted by molar-refractivity contribution is 5.87. The smallest absolute Gasteiger partial charge is 0.315 e. The molecule has 2 aliphatic rings. The van der Waals surface area contributed by atoms with E-state index < -0.39 is 23.5 Å². The predicted molar refractivity (Wildman–Crippen MR) is 71.1 cm³/mol. The zero-order chi connectivity index (χ0) is 14.8. The van der Waals surface area contributed by atoms with Crippen molar-refractivity contribution in [1.82, 2.24) is 15.5 Å². The number of urea groups is 1. The third kappa shape index (κ3) is 3.20. The number of carboxylic acids is 1. The molecule has 7 nitrogen and oxygen atoms in total. The van der Waals surface area contributed by atoms with Crippen LogP contribution in [0.4, 0.5) is 4.79 Å². The van der Waals surface area contributed by atoms with Crippen LogP contribution >= 0.6 is 0 Å². The van der Waals surface area contributed by atoms with Crippen molar-refractivity contribution in [3.63, 3.8) is 0 Å². The van der Waals surface area contributed by atoms with E-state index in [1.54, 1.807) is 11.8 Å². The molecule has 0 spiro atoms. The van der Waals surface area contributed by atoms with Crippen LogP contribution in [0, 0.1) is 5.41 Å². The highest BCUT2D eigenvalue weighted by Gasteiger charge is 2.50. The summed E-state index contributed by atoms with van der Waals surface area (Å²) >= 11 is 0. The molecule has 3 N–H and O–H groups in total. The van der Waals surface area contributed by atoms with Gasteiger partial charge in [0.15, 0.2) is 0 Å². The lowest BCUT2D eigenvalue weighted by molar-refractivity contribution is -0.143. The molecule has 0 aromatic carbocycles. The van der Waals surface area contributed by atoms with E-state index in [4.69, 9.17) is 5.11 Å². The van der Waals surface area contributed by atoms with E-state index >= 15 is 0 Å². The number of rotatable bonds is 5. The van der Waals surface area contributed by atoms with Gasteiger partial charge >= 0.3 is 12.0 Å². The predicted octanol–water partition coefficient (Wildman–Crippen LogP) is 0.161. The van der Waals surface area contributed by atoms with Crippen LogP contribution in [0.2, 0.25) is 0 Å². The Balaban J connectivity index is 1.73. The van der Waals surface area contributed by atoms with E-state index in [-0.39, 0.29) is 12.5 Å². The van der Waals surface area contributed by atoms with Gasteiger partial charge in [-0.3, -0.25) is 9.59 Å². The Morgan fingerprint density at radius 3 is 2.35 bits per heavy atom. The van der Waals surface area contributed by atoms with Gasteiger partial charge in [-0.25, -0.2) is 4.79 Å². The number of carbonyl (C=O) groups excluding carboxylic acids is 2. The maximum atomic E-state index is 12.0. The molecule has 7 heteroatoms. The largest absolute Gasteiger partial charge is 0.481 e. The minimum atomic E-state index is -0.876. The third-order valence-corrected chi connectivity index (χ3v) is 4.03. The first-order valence-corrected chi connectivity index (χ1v) is 7.01. The van der Waals surface area contributed by atoms with Gasteiger partial charge in [0.05, 0.1) is 5.41 Å². The summed E-state index contributed by atoms with van der Waals surface area (Å²) in [6, 6.07) is -1.08. The van der Waals surface area contributed by atoms with Crippen LogP contribution in [-0.4, -0.2) is 53.6 Å². The molecule has 1 saturated heterocycles. The molecule has 0 aromatic rings. The molecule has 1 heterocycles. The summed E-state index contributed by atoms with van der Waals surface area (Å²) in [4.78, 5) is 36.4. The average molecular weight is 283 g/mol. The standard InChI is InChI=1S/C13H21N3O4/c1-9(10(17)16-6-2-3-7-16)15-12(20)14-8-13(4-5-13)11(18)19/h9H,2-8H2,1H3,(H,18,19)(H2,14,15,20). The van der Waals surface area contributed by atoms with Crippen LogP contribution in [0.3, 0.4) is 0 Å². The van der Waals surface area contributed by atoms with Crippen molar-refractivity contribution in [3.05, 3.63) is 0 Å². The highest BCUT2D eigenvalue weighted by atomic mass is 16.4. The van der Waals surface area contributed by atoms with Crippen LogP contribution in [0.15, 0.2) is 0 Å². The number of hydrogen-bond acceptors (Lipinski definition) is 3. The Morgan fingerprint density at radius 2 is 1.85 bits per heavy atom. The fraction of sp³-hybridized carbons (Fsp3) is 0.769. The number of aliphatic carboxylic acids is 1. The Kier molecular flexibility index (Phi) is 4.15. The Morgan fingerprint density at radius 1 is 1.25 bits per heavy atom. The number of nitrogens with one attached hydrogen (secondary N) is 2. The molecule has 0 aromatic heterocycles. The van der Waals surface area contributed by atoms with Gasteiger partial charge in [0.25, 0.3) is 0 Å². The van der Waals surface area contributed by atoms with Crippen molar-refractivity contribution in [2.24, 2.45) is 5.41 Å². The molecular formula is C13H21N3O4. The molecule has 112 valence electrons. The first-order valence-electron chi connectivity index (χ1n) is 7.01. The zero-order valence-electron chi connectivity index (χ0n) is 11.6. The number of likely N-dealkylation sites (tertiary alicyclic amines) is 1. The molecule has 1 atom stereocenters. The maximum absolute atomic E-state index is 12.0. The van der Waals surface area contributed by atoms with E-state index in [2.05, 4.69) is 10.6 Å². The number of carbonyl (C=O) groups is 3. The Hall–Kier alpha value is -1.79. The molecule has 2 fully saturated rings. The van der Waals surface area contributed by atoms with E-state index in [0.717, 1.165) is 25.9 Å². The quantitative estimate of drug-likeness (QED) is 0.669. The summed E-state index contributed by atoms with van der Waals surface area (Å²) in [6.45, 7) is 3.24. The van der Waals surface area contributed by atoms with Crippen LogP contribution in [-0.2, 0) is 9.59 Å². The van der Waals surface area contributed by atoms with Crippen molar-refractivity contribution in [3.8, 4) is 0 Å². The first-order chi connectivity index (χ1) is 9.44. The number of amides is 3. The summed E-state index contributed by atoms with van der Waals surface area (Å²) in [5.74, 6) is -0.962. The molecule has 20 heavy (non-hydrogen) atoms. The first kappa shape index (κ1) is 14.6. The molecule has 1 aliphatic heterocycles. The van der Waals surface area contributed by atoms with E-state index in [1.165, 1.54) is 0 Å². The van der Waals surface area contributed by atoms with Gasteiger partial charge in [-0.05, 0) is 32.6 Å². The molecule has 3 amide bonds. The van der Waals surface area contributed by atoms with Crippen LogP contribution in [0.5, 0.6) is 0 Å². The number of carboxylic acid groups (broad SMARTS) is 1. The summed E-state index contributed by atoms with van der Waals surface area (Å²) in [6.07, 6.45) is 3.19. The average Bonchev–Trinajstić information content (AvgIpc) is 3.01. The van der Waals surface area contributed by atoms with E-state index in [0.29, 0.717) is 12.8 Å². The Labute approximate surface area is 117 Å². The molecule has 1 aliphatic carbocycles. The molecule has 2 rings (SSSR count). The van der Waals surface area contributed by atoms with Crippen molar-refractivity contribution in [1.29, 1.82) is 0 Å². The maximum Gasteiger partial charge on any atom is 0.315 e. The fourth-order valence-electron chi connectivity index (χ4n) is 2.39. The van der Waals surface area contributed by atoms with Crippen LogP contribution < -0.4 is 10.6 Å². The second-order valence-corrected chi connectivity index (χ2v) is 5.67. The molecule has 1 unspecified atom stereocenters. The second-order valence-electron chi connectivity index (χ2n) is 5.67. The molecular weight excluding hydrogens is 262 g/mol. The summed E-state index contributed by atoms with van der Waals surface area (Å²) in [7, 11) is 0. The molecule has 0 radical (unpaired) electrons. The highest BCUT2D eigenvalue weighted by Crippen LogP contribution is 2.45. The van der Waals surface area contributed by atoms with Crippen LogP contribution in [0.25, 0.3) is 0 Å². The topological polar surface area (TPSA) is 98.7 Å². The van der Waals surface area contributed by atoms with Gasteiger partial charge in [0, 0.05) is 19.6 Å². The van der Waals surface area contributed by atoms with Gasteiger partial charge in [-0.1, -0.05) is 0 Å². The fourth-order valence-corrected chi connectivity index (χ4v) is 2.39. The minimum absolute atomic E-state index is 0.0861. The number of nitrogens with zero attached hydrogens (tertiary/aromatic N) is 1. The van der Waals surface area contributed by atoms with Gasteiger partial charge in [-0.2, -0.15) is 0 Å². The van der Waals surface area contributed by atoms with Gasteiger partial charge in [0.2, 0.25) is 5.91 Å². The van der Waals surface area contributed by atoms with Crippen molar-refractivity contribution in [2.75, 3.05) is 19.6 Å². The van der Waals surface area contributed by atoms with Gasteiger partial charge in [0.1, 0.15) is 6.04 Å². The lowest BCUT2D eigenvalue weighted by Gasteiger charge is -2.21. The summed E-state index contributed by atoms with van der Waals surface area (Å²) < 4.78 is 0. The normalized spacial score (nSPS) is 21.1. The van der Waals surface area contributed by atoms with Crippen LogP contribution in [0.1, 0.15) is 32.6 Å². The monoisotopic (exact) mass is 283 g/mol. The molecule has 1 saturated carbocycles. The molecule has 0 bridgehead atoms. The van der Waals surface area contributed by atoms with Crippen molar-refractivity contribution >= 4 is 17.9 Å². The Bertz CT molecular complexity index is 414. The third-order valence-electron chi connectivity index (χ3n) is 4.03. The second kappa shape index (κ2) is 5.68. The lowest BCUT2D eigenvalue weighted by Crippen LogP contribution is -2.50. The van der Waals surface area contributed by atoms with Gasteiger partial charge in [-0.15, -0.1) is 0 Å².